The molecule has 0 fully saturated rings. The molecule has 4 rings (SSSR count). The number of carbonyl (C=O) groups is 1. The first kappa shape index (κ1) is 18.4. The highest BCUT2D eigenvalue weighted by Gasteiger charge is 2.09. The molecule has 0 atom stereocenters. The van der Waals surface area contributed by atoms with Crippen molar-refractivity contribution in [3.63, 3.8) is 0 Å². The van der Waals surface area contributed by atoms with E-state index in [1.807, 2.05) is 42.8 Å². The Kier molecular flexibility index (Phi) is 5.03. The number of aryl methyl sites for hydroxylation is 2. The fourth-order valence-electron chi connectivity index (χ4n) is 2.89. The van der Waals surface area contributed by atoms with Gasteiger partial charge in [0, 0.05) is 29.7 Å². The van der Waals surface area contributed by atoms with Gasteiger partial charge in [-0.05, 0) is 49.7 Å². The maximum absolute atomic E-state index is 12.4. The molecular weight excluding hydrogens is 366 g/mol. The van der Waals surface area contributed by atoms with Gasteiger partial charge < -0.3 is 10.1 Å². The van der Waals surface area contributed by atoms with Gasteiger partial charge in [0.05, 0.1) is 0 Å². The number of amides is 1. The second-order valence-electron chi connectivity index (χ2n) is 6.45. The van der Waals surface area contributed by atoms with Gasteiger partial charge in [-0.2, -0.15) is 0 Å². The molecule has 2 aromatic heterocycles. The Morgan fingerprint density at radius 3 is 2.52 bits per heavy atom. The number of aromatic nitrogens is 4. The molecule has 1 N–H and O–H groups in total. The molecule has 7 heteroatoms. The molecule has 0 spiro atoms. The van der Waals surface area contributed by atoms with Crippen molar-refractivity contribution in [3.8, 4) is 17.4 Å². The molecule has 0 aliphatic heterocycles. The molecule has 1 amide bonds. The molecular formula is C22H19N5O2. The van der Waals surface area contributed by atoms with Gasteiger partial charge in [0.15, 0.2) is 0 Å². The lowest BCUT2D eigenvalue weighted by atomic mass is 10.1. The van der Waals surface area contributed by atoms with Crippen molar-refractivity contribution >= 4 is 11.6 Å². The lowest BCUT2D eigenvalue weighted by molar-refractivity contribution is 0.102. The lowest BCUT2D eigenvalue weighted by Crippen LogP contribution is -2.13. The van der Waals surface area contributed by atoms with Crippen LogP contribution in [0, 0.1) is 13.8 Å². The van der Waals surface area contributed by atoms with E-state index in [4.69, 9.17) is 4.74 Å². The number of carbonyl (C=O) groups excluding carboxylic acids is 1. The molecule has 2 heterocycles. The number of nitrogens with one attached hydrogen (secondary N) is 1. The minimum Gasteiger partial charge on any atom is -0.439 e. The largest absolute Gasteiger partial charge is 0.439 e. The van der Waals surface area contributed by atoms with E-state index in [0.717, 1.165) is 11.4 Å². The van der Waals surface area contributed by atoms with Gasteiger partial charge in [-0.1, -0.05) is 18.2 Å². The van der Waals surface area contributed by atoms with Crippen molar-refractivity contribution < 1.29 is 9.53 Å². The third kappa shape index (κ3) is 4.14. The molecule has 0 unspecified atom stereocenters. The standard InChI is InChI=1S/C22H19N5O2/c1-15-5-3-4-6-19(15)22(28)26-17-7-9-18(10-8-17)29-21-13-20(24-14-25-21)27-12-11-23-16(27)2/h3-14H,1-2H3,(H,26,28). The maximum Gasteiger partial charge on any atom is 0.255 e. The van der Waals surface area contributed by atoms with Crippen LogP contribution in [0.5, 0.6) is 11.6 Å². The zero-order chi connectivity index (χ0) is 20.2. The van der Waals surface area contributed by atoms with E-state index in [2.05, 4.69) is 20.3 Å². The Bertz CT molecular complexity index is 1150. The molecule has 0 aliphatic rings. The minimum atomic E-state index is -0.145. The van der Waals surface area contributed by atoms with Gasteiger partial charge in [-0.3, -0.25) is 9.36 Å². The number of hydrogen-bond donors (Lipinski definition) is 1. The number of nitrogens with zero attached hydrogens (tertiary/aromatic N) is 4. The Morgan fingerprint density at radius 1 is 1.00 bits per heavy atom. The molecule has 0 bridgehead atoms. The highest BCUT2D eigenvalue weighted by molar-refractivity contribution is 6.05. The van der Waals surface area contributed by atoms with E-state index in [9.17, 15) is 4.79 Å². The van der Waals surface area contributed by atoms with Crippen LogP contribution in [0.15, 0.2) is 73.3 Å². The predicted octanol–water partition coefficient (Wildman–Crippen LogP) is 4.32. The number of anilines is 1. The second kappa shape index (κ2) is 7.93. The Hall–Kier alpha value is -4.00. The summed E-state index contributed by atoms with van der Waals surface area (Å²) >= 11 is 0. The first-order valence-electron chi connectivity index (χ1n) is 9.07. The first-order chi connectivity index (χ1) is 14.1. The Labute approximate surface area is 168 Å². The lowest BCUT2D eigenvalue weighted by Gasteiger charge is -2.10. The highest BCUT2D eigenvalue weighted by atomic mass is 16.5. The van der Waals surface area contributed by atoms with Gasteiger partial charge in [-0.25, -0.2) is 15.0 Å². The summed E-state index contributed by atoms with van der Waals surface area (Å²) in [6.07, 6.45) is 4.98. The SMILES string of the molecule is Cc1ccccc1C(=O)Nc1ccc(Oc2cc(-n3ccnc3C)ncn2)cc1. The van der Waals surface area contributed by atoms with E-state index >= 15 is 0 Å². The molecule has 0 aliphatic carbocycles. The van der Waals surface area contributed by atoms with Crippen LogP contribution in [0.1, 0.15) is 21.7 Å². The molecule has 0 saturated heterocycles. The van der Waals surface area contributed by atoms with Crippen LogP contribution in [-0.4, -0.2) is 25.4 Å². The number of rotatable bonds is 5. The second-order valence-corrected chi connectivity index (χ2v) is 6.45. The zero-order valence-electron chi connectivity index (χ0n) is 16.0. The summed E-state index contributed by atoms with van der Waals surface area (Å²) in [5.41, 5.74) is 2.26. The minimum absolute atomic E-state index is 0.145. The third-order valence-corrected chi connectivity index (χ3v) is 4.42. The van der Waals surface area contributed by atoms with Crippen LogP contribution in [0.3, 0.4) is 0 Å². The summed E-state index contributed by atoms with van der Waals surface area (Å²) in [5.74, 6) is 2.37. The quantitative estimate of drug-likeness (QED) is 0.553. The van der Waals surface area contributed by atoms with Crippen LogP contribution in [0.2, 0.25) is 0 Å². The number of hydrogen-bond acceptors (Lipinski definition) is 5. The van der Waals surface area contributed by atoms with E-state index in [-0.39, 0.29) is 5.91 Å². The molecule has 0 saturated carbocycles. The van der Waals surface area contributed by atoms with E-state index in [1.54, 1.807) is 42.6 Å². The fraction of sp³-hybridized carbons (Fsp3) is 0.0909. The van der Waals surface area contributed by atoms with Crippen LogP contribution in [0.25, 0.3) is 5.82 Å². The van der Waals surface area contributed by atoms with Crippen molar-refractivity contribution in [2.45, 2.75) is 13.8 Å². The Balaban J connectivity index is 1.46. The molecule has 7 nitrogen and oxygen atoms in total. The van der Waals surface area contributed by atoms with Gasteiger partial charge in [0.25, 0.3) is 5.91 Å². The first-order valence-corrected chi connectivity index (χ1v) is 9.07. The summed E-state index contributed by atoms with van der Waals surface area (Å²) in [5, 5.41) is 2.89. The van der Waals surface area contributed by atoms with Gasteiger partial charge in [0.1, 0.15) is 23.7 Å². The fourth-order valence-corrected chi connectivity index (χ4v) is 2.89. The van der Waals surface area contributed by atoms with Crippen molar-refractivity contribution in [1.82, 2.24) is 19.5 Å². The summed E-state index contributed by atoms with van der Waals surface area (Å²) in [4.78, 5) is 25.0. The van der Waals surface area contributed by atoms with Gasteiger partial charge in [0.2, 0.25) is 5.88 Å². The van der Waals surface area contributed by atoms with Crippen LogP contribution >= 0.6 is 0 Å². The summed E-state index contributed by atoms with van der Waals surface area (Å²) in [7, 11) is 0. The molecule has 2 aromatic carbocycles. The topological polar surface area (TPSA) is 81.9 Å². The maximum atomic E-state index is 12.4. The van der Waals surface area contributed by atoms with Gasteiger partial charge in [-0.15, -0.1) is 0 Å². The molecule has 4 aromatic rings. The van der Waals surface area contributed by atoms with Crippen molar-refractivity contribution in [3.05, 3.63) is 90.3 Å². The molecule has 144 valence electrons. The van der Waals surface area contributed by atoms with Crippen LogP contribution in [-0.2, 0) is 0 Å². The van der Waals surface area contributed by atoms with Crippen molar-refractivity contribution in [2.75, 3.05) is 5.32 Å². The summed E-state index contributed by atoms with van der Waals surface area (Å²) in [6.45, 7) is 3.81. The average Bonchev–Trinajstić information content (AvgIpc) is 3.16. The highest BCUT2D eigenvalue weighted by Crippen LogP contribution is 2.23. The van der Waals surface area contributed by atoms with E-state index < -0.39 is 0 Å². The molecule has 0 radical (unpaired) electrons. The zero-order valence-corrected chi connectivity index (χ0v) is 16.0. The number of imidazole rings is 1. The number of ether oxygens (including phenoxy) is 1. The smallest absolute Gasteiger partial charge is 0.255 e. The number of benzene rings is 2. The molecule has 29 heavy (non-hydrogen) atoms. The van der Waals surface area contributed by atoms with Crippen LogP contribution in [0.4, 0.5) is 5.69 Å². The monoisotopic (exact) mass is 385 g/mol. The Morgan fingerprint density at radius 2 is 1.79 bits per heavy atom. The third-order valence-electron chi connectivity index (χ3n) is 4.42. The van der Waals surface area contributed by atoms with Crippen LogP contribution < -0.4 is 10.1 Å². The average molecular weight is 385 g/mol. The summed E-state index contributed by atoms with van der Waals surface area (Å²) in [6, 6.07) is 16.3. The van der Waals surface area contributed by atoms with Gasteiger partial charge >= 0.3 is 0 Å². The van der Waals surface area contributed by atoms with E-state index in [0.29, 0.717) is 28.7 Å². The normalized spacial score (nSPS) is 10.6. The summed E-state index contributed by atoms with van der Waals surface area (Å²) < 4.78 is 7.67. The predicted molar refractivity (Wildman–Crippen MR) is 110 cm³/mol. The van der Waals surface area contributed by atoms with Crippen molar-refractivity contribution in [2.24, 2.45) is 0 Å². The van der Waals surface area contributed by atoms with E-state index in [1.165, 1.54) is 6.33 Å². The van der Waals surface area contributed by atoms with Crippen molar-refractivity contribution in [1.29, 1.82) is 0 Å².